The van der Waals surface area contributed by atoms with E-state index in [0.717, 1.165) is 32.7 Å². The highest BCUT2D eigenvalue weighted by atomic mass is 19.1. The van der Waals surface area contributed by atoms with E-state index in [1.54, 1.807) is 19.1 Å². The van der Waals surface area contributed by atoms with E-state index in [1.807, 2.05) is 0 Å². The summed E-state index contributed by atoms with van der Waals surface area (Å²) in [4.78, 5) is 16.6. The molecule has 0 amide bonds. The summed E-state index contributed by atoms with van der Waals surface area (Å²) in [5, 5.41) is 10.2. The Balaban J connectivity index is 1.72. The lowest BCUT2D eigenvalue weighted by Crippen LogP contribution is -2.45. The van der Waals surface area contributed by atoms with Crippen LogP contribution in [0.25, 0.3) is 11.3 Å². The molecule has 0 atom stereocenters. The van der Waals surface area contributed by atoms with Crippen LogP contribution in [0.2, 0.25) is 0 Å². The number of halogens is 1. The Morgan fingerprint density at radius 2 is 1.92 bits per heavy atom. The van der Waals surface area contributed by atoms with Crippen molar-refractivity contribution in [3.63, 3.8) is 0 Å². The van der Waals surface area contributed by atoms with Crippen LogP contribution in [0.1, 0.15) is 29.9 Å². The van der Waals surface area contributed by atoms with E-state index < -0.39 is 5.97 Å². The second-order valence-electron chi connectivity index (χ2n) is 6.26. The quantitative estimate of drug-likeness (QED) is 0.793. The molecule has 0 spiro atoms. The summed E-state index contributed by atoms with van der Waals surface area (Å²) in [6.07, 6.45) is 0. The Hall–Kier alpha value is -2.32. The number of benzene rings is 1. The number of hydrogen-bond donors (Lipinski definition) is 1. The minimum atomic E-state index is -0.575. The minimum Gasteiger partial charge on any atom is -0.461 e. The summed E-state index contributed by atoms with van der Waals surface area (Å²) < 4.78 is 19.6. The Labute approximate surface area is 152 Å². The molecular weight excluding hydrogens is 337 g/mol. The molecule has 1 aliphatic rings. The SMILES string of the molecule is CCOC(=O)c1n[nH]nc1-c1ccc(CN2CCN(CC)CC2)c(F)c1. The smallest absolute Gasteiger partial charge is 0.361 e. The highest BCUT2D eigenvalue weighted by Gasteiger charge is 2.21. The van der Waals surface area contributed by atoms with Crippen LogP contribution in [-0.4, -0.2) is 70.5 Å². The second kappa shape index (κ2) is 8.37. The molecule has 8 heteroatoms. The van der Waals surface area contributed by atoms with E-state index in [4.69, 9.17) is 4.74 Å². The van der Waals surface area contributed by atoms with Crippen molar-refractivity contribution in [1.82, 2.24) is 25.2 Å². The molecule has 1 aromatic carbocycles. The molecule has 1 aliphatic heterocycles. The fraction of sp³-hybridized carbons (Fsp3) is 0.500. The first-order valence-corrected chi connectivity index (χ1v) is 8.93. The van der Waals surface area contributed by atoms with Gasteiger partial charge in [-0.2, -0.15) is 10.3 Å². The van der Waals surface area contributed by atoms with E-state index in [0.29, 0.717) is 23.4 Å². The molecule has 1 saturated heterocycles. The monoisotopic (exact) mass is 361 g/mol. The summed E-state index contributed by atoms with van der Waals surface area (Å²) in [7, 11) is 0. The molecular formula is C18H24FN5O2. The number of nitrogens with zero attached hydrogens (tertiary/aromatic N) is 4. The predicted molar refractivity (Wildman–Crippen MR) is 95.1 cm³/mol. The number of rotatable bonds is 6. The molecule has 0 bridgehead atoms. The van der Waals surface area contributed by atoms with Crippen LogP contribution >= 0.6 is 0 Å². The Bertz CT molecular complexity index is 756. The van der Waals surface area contributed by atoms with Gasteiger partial charge in [-0.05, 0) is 19.5 Å². The van der Waals surface area contributed by atoms with Crippen LogP contribution in [0.5, 0.6) is 0 Å². The van der Waals surface area contributed by atoms with Crippen molar-refractivity contribution in [3.8, 4) is 11.3 Å². The number of hydrogen-bond acceptors (Lipinski definition) is 6. The van der Waals surface area contributed by atoms with Gasteiger partial charge in [0.15, 0.2) is 5.69 Å². The molecule has 140 valence electrons. The van der Waals surface area contributed by atoms with E-state index in [1.165, 1.54) is 6.07 Å². The molecule has 1 fully saturated rings. The van der Waals surface area contributed by atoms with Gasteiger partial charge in [-0.15, -0.1) is 5.10 Å². The third-order valence-corrected chi connectivity index (χ3v) is 4.65. The van der Waals surface area contributed by atoms with Crippen molar-refractivity contribution < 1.29 is 13.9 Å². The van der Waals surface area contributed by atoms with Crippen LogP contribution in [0.15, 0.2) is 18.2 Å². The van der Waals surface area contributed by atoms with Gasteiger partial charge >= 0.3 is 5.97 Å². The molecule has 7 nitrogen and oxygen atoms in total. The van der Waals surface area contributed by atoms with Gasteiger partial charge < -0.3 is 9.64 Å². The maximum atomic E-state index is 14.6. The zero-order valence-corrected chi connectivity index (χ0v) is 15.2. The summed E-state index contributed by atoms with van der Waals surface area (Å²) in [6.45, 7) is 9.63. The van der Waals surface area contributed by atoms with Crippen LogP contribution in [0, 0.1) is 5.82 Å². The fourth-order valence-electron chi connectivity index (χ4n) is 3.10. The van der Waals surface area contributed by atoms with Crippen molar-refractivity contribution >= 4 is 5.97 Å². The average Bonchev–Trinajstić information content (AvgIpc) is 3.14. The van der Waals surface area contributed by atoms with E-state index in [-0.39, 0.29) is 18.1 Å². The molecule has 2 aromatic rings. The van der Waals surface area contributed by atoms with Gasteiger partial charge in [0.25, 0.3) is 0 Å². The van der Waals surface area contributed by atoms with Gasteiger partial charge in [-0.3, -0.25) is 4.90 Å². The average molecular weight is 361 g/mol. The molecule has 0 unspecified atom stereocenters. The van der Waals surface area contributed by atoms with Gasteiger partial charge in [0.2, 0.25) is 0 Å². The Morgan fingerprint density at radius 1 is 1.19 bits per heavy atom. The lowest BCUT2D eigenvalue weighted by atomic mass is 10.1. The van der Waals surface area contributed by atoms with Gasteiger partial charge in [-0.25, -0.2) is 9.18 Å². The van der Waals surface area contributed by atoms with Crippen molar-refractivity contribution in [2.45, 2.75) is 20.4 Å². The zero-order valence-electron chi connectivity index (χ0n) is 15.2. The topological polar surface area (TPSA) is 74.3 Å². The normalized spacial score (nSPS) is 16.0. The fourth-order valence-corrected chi connectivity index (χ4v) is 3.10. The molecule has 26 heavy (non-hydrogen) atoms. The first-order valence-electron chi connectivity index (χ1n) is 8.93. The number of likely N-dealkylation sites (N-methyl/N-ethyl adjacent to an activating group) is 1. The maximum absolute atomic E-state index is 14.6. The zero-order chi connectivity index (χ0) is 18.5. The number of aromatic nitrogens is 3. The maximum Gasteiger partial charge on any atom is 0.361 e. The summed E-state index contributed by atoms with van der Waals surface area (Å²) in [6, 6.07) is 4.92. The van der Waals surface area contributed by atoms with Gasteiger partial charge in [0.05, 0.1) is 6.61 Å². The summed E-state index contributed by atoms with van der Waals surface area (Å²) in [5.74, 6) is -0.882. The van der Waals surface area contributed by atoms with Crippen molar-refractivity contribution in [1.29, 1.82) is 0 Å². The number of ether oxygens (including phenoxy) is 1. The third kappa shape index (κ3) is 4.08. The van der Waals surface area contributed by atoms with Gasteiger partial charge in [0.1, 0.15) is 11.5 Å². The van der Waals surface area contributed by atoms with E-state index in [2.05, 4.69) is 32.1 Å². The number of piperazine rings is 1. The number of aromatic amines is 1. The number of carbonyl (C=O) groups excluding carboxylic acids is 1. The second-order valence-corrected chi connectivity index (χ2v) is 6.26. The molecule has 0 saturated carbocycles. The Morgan fingerprint density at radius 3 is 2.58 bits per heavy atom. The molecule has 0 radical (unpaired) electrons. The van der Waals surface area contributed by atoms with E-state index in [9.17, 15) is 9.18 Å². The number of H-pyrrole nitrogens is 1. The summed E-state index contributed by atoms with van der Waals surface area (Å²) in [5.41, 5.74) is 1.50. The van der Waals surface area contributed by atoms with E-state index >= 15 is 0 Å². The van der Waals surface area contributed by atoms with Crippen molar-refractivity contribution in [2.24, 2.45) is 0 Å². The molecule has 3 rings (SSSR count). The third-order valence-electron chi connectivity index (χ3n) is 4.65. The van der Waals surface area contributed by atoms with Gasteiger partial charge in [0, 0.05) is 43.9 Å². The van der Waals surface area contributed by atoms with Crippen LogP contribution in [-0.2, 0) is 11.3 Å². The van der Waals surface area contributed by atoms with Crippen molar-refractivity contribution in [3.05, 3.63) is 35.3 Å². The largest absolute Gasteiger partial charge is 0.461 e. The number of esters is 1. The highest BCUT2D eigenvalue weighted by molar-refractivity contribution is 5.93. The lowest BCUT2D eigenvalue weighted by molar-refractivity contribution is 0.0520. The van der Waals surface area contributed by atoms with Crippen LogP contribution < -0.4 is 0 Å². The number of carbonyl (C=O) groups is 1. The first-order chi connectivity index (χ1) is 12.6. The standard InChI is InChI=1S/C18H24FN5O2/c1-3-23-7-9-24(10-8-23)12-14-6-5-13(11-15(14)19)16-17(21-22-20-16)18(25)26-4-2/h5-6,11H,3-4,7-10,12H2,1-2H3,(H,20,21,22). The molecule has 2 heterocycles. The van der Waals surface area contributed by atoms with Crippen molar-refractivity contribution in [2.75, 3.05) is 39.3 Å². The molecule has 0 aliphatic carbocycles. The predicted octanol–water partition coefficient (Wildman–Crippen LogP) is 1.92. The molecule has 1 N–H and O–H groups in total. The Kier molecular flexibility index (Phi) is 5.95. The minimum absolute atomic E-state index is 0.0645. The lowest BCUT2D eigenvalue weighted by Gasteiger charge is -2.34. The first kappa shape index (κ1) is 18.5. The van der Waals surface area contributed by atoms with Crippen LogP contribution in [0.3, 0.4) is 0 Å². The highest BCUT2D eigenvalue weighted by Crippen LogP contribution is 2.23. The number of nitrogens with one attached hydrogen (secondary N) is 1. The van der Waals surface area contributed by atoms with Gasteiger partial charge in [-0.1, -0.05) is 19.1 Å². The summed E-state index contributed by atoms with van der Waals surface area (Å²) >= 11 is 0. The molecule has 1 aromatic heterocycles. The van der Waals surface area contributed by atoms with Crippen LogP contribution in [0.4, 0.5) is 4.39 Å².